The number of hydrogen-bond donors (Lipinski definition) is 1. The first-order valence-electron chi connectivity index (χ1n) is 11.0. The van der Waals surface area contributed by atoms with Crippen LogP contribution in [0, 0.1) is 13.8 Å². The summed E-state index contributed by atoms with van der Waals surface area (Å²) in [4.78, 5) is 16.6. The molecule has 3 aromatic carbocycles. The van der Waals surface area contributed by atoms with E-state index in [9.17, 15) is 4.79 Å². The Morgan fingerprint density at radius 3 is 2.27 bits per heavy atom. The molecular formula is C28H27N3O2. The summed E-state index contributed by atoms with van der Waals surface area (Å²) in [6.45, 7) is 6.30. The van der Waals surface area contributed by atoms with E-state index in [0.29, 0.717) is 12.2 Å². The maximum absolute atomic E-state index is 11.9. The van der Waals surface area contributed by atoms with Gasteiger partial charge in [-0.1, -0.05) is 18.2 Å². The molecule has 0 fully saturated rings. The second-order valence-electron chi connectivity index (χ2n) is 7.73. The van der Waals surface area contributed by atoms with Crippen LogP contribution in [0.3, 0.4) is 0 Å². The normalized spacial score (nSPS) is 11.0. The maximum atomic E-state index is 11.9. The third-order valence-corrected chi connectivity index (χ3v) is 5.39. The molecule has 1 aromatic heterocycles. The Hall–Kier alpha value is -4.12. The number of aromatic nitrogens is 1. The molecule has 33 heavy (non-hydrogen) atoms. The molecule has 0 atom stereocenters. The van der Waals surface area contributed by atoms with E-state index in [1.807, 2.05) is 72.9 Å². The highest BCUT2D eigenvalue weighted by molar-refractivity contribution is 5.89. The van der Waals surface area contributed by atoms with E-state index in [4.69, 9.17) is 4.74 Å². The average molecular weight is 438 g/mol. The smallest absolute Gasteiger partial charge is 0.338 e. The third kappa shape index (κ3) is 5.21. The third-order valence-electron chi connectivity index (χ3n) is 5.39. The quantitative estimate of drug-likeness (QED) is 0.256. The number of carbonyl (C=O) groups is 1. The molecule has 0 amide bonds. The van der Waals surface area contributed by atoms with Crippen LogP contribution >= 0.6 is 0 Å². The second kappa shape index (κ2) is 10.0. The van der Waals surface area contributed by atoms with Gasteiger partial charge in [0.15, 0.2) is 0 Å². The largest absolute Gasteiger partial charge is 0.462 e. The summed E-state index contributed by atoms with van der Waals surface area (Å²) in [5, 5.41) is 3.38. The molecule has 0 aliphatic carbocycles. The van der Waals surface area contributed by atoms with Gasteiger partial charge in [0, 0.05) is 40.2 Å². The van der Waals surface area contributed by atoms with Crippen molar-refractivity contribution in [1.82, 2.24) is 4.57 Å². The number of anilines is 2. The van der Waals surface area contributed by atoms with Gasteiger partial charge >= 0.3 is 5.97 Å². The number of rotatable bonds is 7. The van der Waals surface area contributed by atoms with Gasteiger partial charge in [-0.25, -0.2) is 4.79 Å². The summed E-state index contributed by atoms with van der Waals surface area (Å²) in [5.74, 6) is -0.303. The minimum atomic E-state index is -0.303. The van der Waals surface area contributed by atoms with E-state index in [1.165, 1.54) is 0 Å². The number of benzene rings is 3. The number of esters is 1. The highest BCUT2D eigenvalue weighted by atomic mass is 16.5. The fourth-order valence-electron chi connectivity index (χ4n) is 3.74. The lowest BCUT2D eigenvalue weighted by Gasteiger charge is -2.10. The highest BCUT2D eigenvalue weighted by Crippen LogP contribution is 2.23. The topological polar surface area (TPSA) is 55.6 Å². The van der Waals surface area contributed by atoms with Gasteiger partial charge in [-0.3, -0.25) is 4.99 Å². The molecule has 1 heterocycles. The van der Waals surface area contributed by atoms with Gasteiger partial charge < -0.3 is 14.6 Å². The van der Waals surface area contributed by atoms with Gasteiger partial charge in [-0.05, 0) is 87.5 Å². The Kier molecular flexibility index (Phi) is 6.69. The minimum absolute atomic E-state index is 0.303. The summed E-state index contributed by atoms with van der Waals surface area (Å²) in [6, 6.07) is 27.7. The van der Waals surface area contributed by atoms with Gasteiger partial charge in [0.1, 0.15) is 0 Å². The molecule has 0 saturated heterocycles. The number of carbonyl (C=O) groups excluding carboxylic acids is 1. The monoisotopic (exact) mass is 437 g/mol. The van der Waals surface area contributed by atoms with Crippen molar-refractivity contribution < 1.29 is 9.53 Å². The molecule has 0 aliphatic rings. The first-order chi connectivity index (χ1) is 16.0. The lowest BCUT2D eigenvalue weighted by Crippen LogP contribution is -2.05. The van der Waals surface area contributed by atoms with Crippen LogP contribution in [-0.2, 0) is 4.74 Å². The molecule has 0 unspecified atom stereocenters. The van der Waals surface area contributed by atoms with Crippen LogP contribution in [0.1, 0.15) is 34.2 Å². The van der Waals surface area contributed by atoms with Crippen molar-refractivity contribution in [1.29, 1.82) is 0 Å². The number of aryl methyl sites for hydroxylation is 1. The highest BCUT2D eigenvalue weighted by Gasteiger charge is 2.11. The average Bonchev–Trinajstić information content (AvgIpc) is 3.12. The summed E-state index contributed by atoms with van der Waals surface area (Å²) in [6.07, 6.45) is 1.89. The summed E-state index contributed by atoms with van der Waals surface area (Å²) >= 11 is 0. The SMILES string of the molecule is CCOC(=O)c1ccc(-n2c(C)cc(C=Nc3ccc(Nc4ccccc4)cc3)c2C)cc1. The lowest BCUT2D eigenvalue weighted by atomic mass is 10.2. The van der Waals surface area contributed by atoms with E-state index < -0.39 is 0 Å². The van der Waals surface area contributed by atoms with Gasteiger partial charge in [-0.2, -0.15) is 0 Å². The van der Waals surface area contributed by atoms with Crippen LogP contribution in [0.4, 0.5) is 17.1 Å². The predicted octanol–water partition coefficient (Wildman–Crippen LogP) is 6.77. The first-order valence-corrected chi connectivity index (χ1v) is 11.0. The molecule has 5 heteroatoms. The van der Waals surface area contributed by atoms with E-state index in [0.717, 1.165) is 39.7 Å². The fraction of sp³-hybridized carbons (Fsp3) is 0.143. The summed E-state index contributed by atoms with van der Waals surface area (Å²) in [5.41, 5.74) is 7.73. The number of aliphatic imine (C=N–C) groups is 1. The van der Waals surface area contributed by atoms with Crippen LogP contribution in [0.2, 0.25) is 0 Å². The Bertz CT molecular complexity index is 1260. The molecule has 0 bridgehead atoms. The Morgan fingerprint density at radius 1 is 0.939 bits per heavy atom. The molecule has 0 aliphatic heterocycles. The standard InChI is InChI=1S/C28H27N3O2/c1-4-33-28(32)22-10-16-27(17-11-22)31-20(2)18-23(21(31)3)19-29-24-12-14-26(15-13-24)30-25-8-6-5-7-9-25/h5-19,30H,4H2,1-3H3. The minimum Gasteiger partial charge on any atom is -0.462 e. The zero-order valence-electron chi connectivity index (χ0n) is 19.1. The second-order valence-corrected chi connectivity index (χ2v) is 7.73. The van der Waals surface area contributed by atoms with Crippen molar-refractivity contribution >= 4 is 29.2 Å². The number of nitrogens with zero attached hydrogens (tertiary/aromatic N) is 2. The van der Waals surface area contributed by atoms with Crippen molar-refractivity contribution in [2.45, 2.75) is 20.8 Å². The number of hydrogen-bond acceptors (Lipinski definition) is 4. The predicted molar refractivity (Wildman–Crippen MR) is 135 cm³/mol. The van der Waals surface area contributed by atoms with Crippen molar-refractivity contribution in [2.75, 3.05) is 11.9 Å². The van der Waals surface area contributed by atoms with Crippen LogP contribution in [0.5, 0.6) is 0 Å². The molecule has 5 nitrogen and oxygen atoms in total. The van der Waals surface area contributed by atoms with Crippen molar-refractivity contribution in [3.8, 4) is 5.69 Å². The molecular weight excluding hydrogens is 410 g/mol. The summed E-state index contributed by atoms with van der Waals surface area (Å²) in [7, 11) is 0. The van der Waals surface area contributed by atoms with Crippen molar-refractivity contribution in [3.05, 3.63) is 107 Å². The maximum Gasteiger partial charge on any atom is 0.338 e. The number of para-hydroxylation sites is 1. The van der Waals surface area contributed by atoms with E-state index in [2.05, 4.69) is 34.8 Å². The van der Waals surface area contributed by atoms with E-state index in [1.54, 1.807) is 19.1 Å². The van der Waals surface area contributed by atoms with Crippen LogP contribution in [0.15, 0.2) is 89.9 Å². The number of ether oxygens (including phenoxy) is 1. The molecule has 0 saturated carbocycles. The van der Waals surface area contributed by atoms with E-state index >= 15 is 0 Å². The molecule has 0 spiro atoms. The van der Waals surface area contributed by atoms with Crippen LogP contribution in [0.25, 0.3) is 5.69 Å². The van der Waals surface area contributed by atoms with E-state index in [-0.39, 0.29) is 5.97 Å². The lowest BCUT2D eigenvalue weighted by molar-refractivity contribution is 0.0526. The molecule has 1 N–H and O–H groups in total. The van der Waals surface area contributed by atoms with Crippen molar-refractivity contribution in [3.63, 3.8) is 0 Å². The Labute approximate surface area is 194 Å². The molecule has 166 valence electrons. The Balaban J connectivity index is 1.49. The molecule has 0 radical (unpaired) electrons. The van der Waals surface area contributed by atoms with Crippen molar-refractivity contribution in [2.24, 2.45) is 4.99 Å². The van der Waals surface area contributed by atoms with Crippen LogP contribution in [-0.4, -0.2) is 23.4 Å². The van der Waals surface area contributed by atoms with Crippen LogP contribution < -0.4 is 5.32 Å². The molecule has 4 aromatic rings. The summed E-state index contributed by atoms with van der Waals surface area (Å²) < 4.78 is 7.22. The fourth-order valence-corrected chi connectivity index (χ4v) is 3.74. The zero-order chi connectivity index (χ0) is 23.2. The first kappa shape index (κ1) is 22.1. The number of nitrogens with one attached hydrogen (secondary N) is 1. The Morgan fingerprint density at radius 2 is 1.61 bits per heavy atom. The molecule has 4 rings (SSSR count). The van der Waals surface area contributed by atoms with Gasteiger partial charge in [-0.15, -0.1) is 0 Å². The van der Waals surface area contributed by atoms with Gasteiger partial charge in [0.2, 0.25) is 0 Å². The van der Waals surface area contributed by atoms with Gasteiger partial charge in [0.25, 0.3) is 0 Å². The van der Waals surface area contributed by atoms with Gasteiger partial charge in [0.05, 0.1) is 17.9 Å². The zero-order valence-corrected chi connectivity index (χ0v) is 19.1.